The Balaban J connectivity index is 1.65. The van der Waals surface area contributed by atoms with Gasteiger partial charge < -0.3 is 14.8 Å². The van der Waals surface area contributed by atoms with Crippen LogP contribution in [-0.2, 0) is 10.0 Å². The first-order valence-corrected chi connectivity index (χ1v) is 11.7. The molecule has 0 radical (unpaired) electrons. The van der Waals surface area contributed by atoms with Gasteiger partial charge in [-0.05, 0) is 80.1 Å². The molecule has 0 spiro atoms. The number of hydrogen-bond acceptors (Lipinski definition) is 5. The highest BCUT2D eigenvalue weighted by Crippen LogP contribution is 2.23. The Hall–Kier alpha value is -3.59. The van der Waals surface area contributed by atoms with Crippen LogP contribution in [-0.4, -0.2) is 28.0 Å². The number of halogens is 1. The first-order chi connectivity index (χ1) is 15.7. The molecule has 0 aliphatic heterocycles. The van der Waals surface area contributed by atoms with Gasteiger partial charge in [0, 0.05) is 11.3 Å². The van der Waals surface area contributed by atoms with Crippen molar-refractivity contribution < 1.29 is 27.1 Å². The third kappa shape index (κ3) is 6.01. The van der Waals surface area contributed by atoms with Gasteiger partial charge in [-0.25, -0.2) is 12.8 Å². The number of hydrogen-bond donors (Lipinski definition) is 2. The van der Waals surface area contributed by atoms with Crippen LogP contribution in [0.1, 0.15) is 35.8 Å². The lowest BCUT2D eigenvalue weighted by Gasteiger charge is -2.15. The summed E-state index contributed by atoms with van der Waals surface area (Å²) >= 11 is 0. The van der Waals surface area contributed by atoms with Crippen LogP contribution in [0.4, 0.5) is 10.1 Å². The highest BCUT2D eigenvalue weighted by molar-refractivity contribution is 7.92. The van der Waals surface area contributed by atoms with E-state index in [4.69, 9.17) is 9.47 Å². The number of anilines is 1. The lowest BCUT2D eigenvalue weighted by Crippen LogP contribution is -2.26. The molecule has 0 aliphatic carbocycles. The normalized spacial score (nSPS) is 12.0. The molecule has 1 amide bonds. The third-order valence-electron chi connectivity index (χ3n) is 4.87. The summed E-state index contributed by atoms with van der Waals surface area (Å²) in [5, 5.41) is 2.79. The van der Waals surface area contributed by atoms with Crippen LogP contribution in [0.25, 0.3) is 0 Å². The summed E-state index contributed by atoms with van der Waals surface area (Å²) in [6, 6.07) is 16.1. The van der Waals surface area contributed by atoms with E-state index in [-0.39, 0.29) is 16.6 Å². The number of carbonyl (C=O) groups excluding carboxylic acids is 1. The van der Waals surface area contributed by atoms with Gasteiger partial charge >= 0.3 is 0 Å². The van der Waals surface area contributed by atoms with Crippen LogP contribution in [0, 0.1) is 5.82 Å². The second-order valence-corrected chi connectivity index (χ2v) is 8.86. The maximum atomic E-state index is 13.9. The standard InChI is InChI=1S/C24H25FN2O5S/c1-4-32-20-10-12-21(13-11-20)33(29,30)27-19-8-5-17(6-9-19)24(28)26-16(2)18-7-14-23(31-3)22(25)15-18/h5-16,27H,4H2,1-3H3,(H,26,28). The molecule has 1 atom stereocenters. The molecule has 0 bridgehead atoms. The van der Waals surface area contributed by atoms with E-state index in [0.29, 0.717) is 29.2 Å². The predicted octanol–water partition coefficient (Wildman–Crippen LogP) is 4.52. The molecular formula is C24H25FN2O5S. The van der Waals surface area contributed by atoms with Crippen LogP contribution >= 0.6 is 0 Å². The molecule has 0 heterocycles. The summed E-state index contributed by atoms with van der Waals surface area (Å²) in [6.45, 7) is 4.06. The second-order valence-electron chi connectivity index (χ2n) is 7.18. The summed E-state index contributed by atoms with van der Waals surface area (Å²) < 4.78 is 51.8. The number of carbonyl (C=O) groups is 1. The van der Waals surface area contributed by atoms with Gasteiger partial charge in [0.15, 0.2) is 11.6 Å². The average molecular weight is 473 g/mol. The number of ether oxygens (including phenoxy) is 2. The van der Waals surface area contributed by atoms with E-state index in [9.17, 15) is 17.6 Å². The Bertz CT molecular complexity index is 1210. The SMILES string of the molecule is CCOc1ccc(S(=O)(=O)Nc2ccc(C(=O)NC(C)c3ccc(OC)c(F)c3)cc2)cc1. The molecule has 0 aromatic heterocycles. The minimum absolute atomic E-state index is 0.0910. The monoisotopic (exact) mass is 472 g/mol. The van der Waals surface area contributed by atoms with E-state index in [0.717, 1.165) is 0 Å². The summed E-state index contributed by atoms with van der Waals surface area (Å²) in [4.78, 5) is 12.7. The van der Waals surface area contributed by atoms with Crippen molar-refractivity contribution >= 4 is 21.6 Å². The van der Waals surface area contributed by atoms with Crippen LogP contribution in [0.5, 0.6) is 11.5 Å². The van der Waals surface area contributed by atoms with Gasteiger partial charge in [0.05, 0.1) is 24.7 Å². The molecule has 3 aromatic carbocycles. The topological polar surface area (TPSA) is 93.7 Å². The minimum Gasteiger partial charge on any atom is -0.494 e. The van der Waals surface area contributed by atoms with Crippen molar-refractivity contribution in [2.45, 2.75) is 24.8 Å². The Labute approximate surface area is 192 Å². The maximum Gasteiger partial charge on any atom is 0.261 e. The molecule has 33 heavy (non-hydrogen) atoms. The minimum atomic E-state index is -3.79. The molecule has 0 aliphatic rings. The third-order valence-corrected chi connectivity index (χ3v) is 6.26. The lowest BCUT2D eigenvalue weighted by molar-refractivity contribution is 0.0940. The van der Waals surface area contributed by atoms with E-state index in [1.807, 2.05) is 6.92 Å². The molecule has 9 heteroatoms. The second kappa shape index (κ2) is 10.4. The average Bonchev–Trinajstić information content (AvgIpc) is 2.79. The molecule has 2 N–H and O–H groups in total. The van der Waals surface area contributed by atoms with Crippen LogP contribution in [0.3, 0.4) is 0 Å². The predicted molar refractivity (Wildman–Crippen MR) is 124 cm³/mol. The molecule has 0 saturated carbocycles. The number of benzene rings is 3. The molecular weight excluding hydrogens is 447 g/mol. The first kappa shape index (κ1) is 24.1. The number of rotatable bonds is 9. The lowest BCUT2D eigenvalue weighted by atomic mass is 10.1. The zero-order valence-corrected chi connectivity index (χ0v) is 19.3. The van der Waals surface area contributed by atoms with Crippen molar-refractivity contribution in [2.24, 2.45) is 0 Å². The molecule has 3 aromatic rings. The van der Waals surface area contributed by atoms with Crippen molar-refractivity contribution in [3.8, 4) is 11.5 Å². The molecule has 1 unspecified atom stereocenters. The molecule has 0 saturated heterocycles. The van der Waals surface area contributed by atoms with Crippen molar-refractivity contribution in [1.29, 1.82) is 0 Å². The van der Waals surface area contributed by atoms with Crippen LogP contribution < -0.4 is 19.5 Å². The van der Waals surface area contributed by atoms with E-state index >= 15 is 0 Å². The highest BCUT2D eigenvalue weighted by Gasteiger charge is 2.16. The van der Waals surface area contributed by atoms with E-state index in [1.165, 1.54) is 55.6 Å². The largest absolute Gasteiger partial charge is 0.494 e. The Morgan fingerprint density at radius 3 is 2.27 bits per heavy atom. The van der Waals surface area contributed by atoms with E-state index < -0.39 is 21.9 Å². The van der Waals surface area contributed by atoms with Crippen molar-refractivity contribution in [2.75, 3.05) is 18.4 Å². The molecule has 0 fully saturated rings. The quantitative estimate of drug-likeness (QED) is 0.477. The van der Waals surface area contributed by atoms with Crippen molar-refractivity contribution in [1.82, 2.24) is 5.32 Å². The van der Waals surface area contributed by atoms with Gasteiger partial charge in [-0.1, -0.05) is 6.07 Å². The van der Waals surface area contributed by atoms with Crippen molar-refractivity contribution in [3.05, 3.63) is 83.7 Å². The van der Waals surface area contributed by atoms with Gasteiger partial charge in [-0.15, -0.1) is 0 Å². The number of amides is 1. The summed E-state index contributed by atoms with van der Waals surface area (Å²) in [7, 11) is -2.41. The zero-order valence-electron chi connectivity index (χ0n) is 18.5. The van der Waals surface area contributed by atoms with Crippen LogP contribution in [0.2, 0.25) is 0 Å². The zero-order chi connectivity index (χ0) is 24.0. The fraction of sp³-hybridized carbons (Fsp3) is 0.208. The summed E-state index contributed by atoms with van der Waals surface area (Å²) in [5.41, 5.74) is 1.23. The van der Waals surface area contributed by atoms with Gasteiger partial charge in [0.2, 0.25) is 0 Å². The highest BCUT2D eigenvalue weighted by atomic mass is 32.2. The molecule has 174 valence electrons. The fourth-order valence-electron chi connectivity index (χ4n) is 3.10. The van der Waals surface area contributed by atoms with Gasteiger partial charge in [-0.3, -0.25) is 9.52 Å². The summed E-state index contributed by atoms with van der Waals surface area (Å²) in [6.07, 6.45) is 0. The number of methoxy groups -OCH3 is 1. The van der Waals surface area contributed by atoms with E-state index in [2.05, 4.69) is 10.0 Å². The molecule has 7 nitrogen and oxygen atoms in total. The first-order valence-electron chi connectivity index (χ1n) is 10.2. The smallest absolute Gasteiger partial charge is 0.261 e. The van der Waals surface area contributed by atoms with Gasteiger partial charge in [0.1, 0.15) is 5.75 Å². The van der Waals surface area contributed by atoms with Gasteiger partial charge in [-0.2, -0.15) is 0 Å². The number of sulfonamides is 1. The fourth-order valence-corrected chi connectivity index (χ4v) is 4.16. The van der Waals surface area contributed by atoms with E-state index in [1.54, 1.807) is 25.1 Å². The maximum absolute atomic E-state index is 13.9. The Kier molecular flexibility index (Phi) is 7.55. The Morgan fingerprint density at radius 2 is 1.70 bits per heavy atom. The van der Waals surface area contributed by atoms with Gasteiger partial charge in [0.25, 0.3) is 15.9 Å². The van der Waals surface area contributed by atoms with Crippen molar-refractivity contribution in [3.63, 3.8) is 0 Å². The number of nitrogens with one attached hydrogen (secondary N) is 2. The summed E-state index contributed by atoms with van der Waals surface area (Å²) in [5.74, 6) is -0.182. The molecule has 3 rings (SSSR count). The van der Waals surface area contributed by atoms with Crippen LogP contribution in [0.15, 0.2) is 71.6 Å². The Morgan fingerprint density at radius 1 is 1.03 bits per heavy atom.